The number of fused-ring (bicyclic) bond motifs is 1. The number of rotatable bonds is 6. The molecule has 0 saturated heterocycles. The Bertz CT molecular complexity index is 993. The van der Waals surface area contributed by atoms with Gasteiger partial charge in [-0.15, -0.1) is 13.2 Å². The van der Waals surface area contributed by atoms with Crippen LogP contribution in [0.1, 0.15) is 35.8 Å². The summed E-state index contributed by atoms with van der Waals surface area (Å²) in [6.07, 6.45) is -2.90. The van der Waals surface area contributed by atoms with Gasteiger partial charge in [0.2, 0.25) is 0 Å². The minimum atomic E-state index is -4.79. The minimum Gasteiger partial charge on any atom is -0.406 e. The van der Waals surface area contributed by atoms with Gasteiger partial charge in [0, 0.05) is 29.2 Å². The van der Waals surface area contributed by atoms with E-state index in [-0.39, 0.29) is 17.3 Å². The first-order valence-corrected chi connectivity index (χ1v) is 9.05. The fourth-order valence-corrected chi connectivity index (χ4v) is 3.28. The van der Waals surface area contributed by atoms with Crippen LogP contribution in [-0.2, 0) is 6.54 Å². The number of nitrogens with one attached hydrogen (secondary N) is 1. The maximum atomic E-state index is 13.0. The van der Waals surface area contributed by atoms with Gasteiger partial charge in [0.05, 0.1) is 0 Å². The third-order valence-corrected chi connectivity index (χ3v) is 4.50. The predicted molar refractivity (Wildman–Crippen MR) is 103 cm³/mol. The van der Waals surface area contributed by atoms with Gasteiger partial charge >= 0.3 is 6.36 Å². The molecule has 28 heavy (non-hydrogen) atoms. The summed E-state index contributed by atoms with van der Waals surface area (Å²) >= 11 is 0. The molecule has 1 aromatic heterocycles. The molecular weight excluding hydrogens is 369 g/mol. The molecule has 0 aliphatic rings. The molecule has 0 unspecified atom stereocenters. The predicted octanol–water partition coefficient (Wildman–Crippen LogP) is 5.90. The highest BCUT2D eigenvalue weighted by atomic mass is 19.4. The fraction of sp³-hybridized carbons (Fsp3) is 0.286. The molecule has 0 spiro atoms. The number of unbranched alkanes of at least 4 members (excludes halogenated alkanes) is 1. The van der Waals surface area contributed by atoms with Gasteiger partial charge in [0.25, 0.3) is 5.91 Å². The minimum absolute atomic E-state index is 0.235. The Balaban J connectivity index is 1.94. The van der Waals surface area contributed by atoms with Crippen LogP contribution in [0.25, 0.3) is 10.9 Å². The number of anilines is 1. The van der Waals surface area contributed by atoms with Crippen LogP contribution in [0.3, 0.4) is 0 Å². The van der Waals surface area contributed by atoms with Crippen molar-refractivity contribution in [2.75, 3.05) is 5.32 Å². The molecule has 2 aromatic carbocycles. The zero-order valence-corrected chi connectivity index (χ0v) is 15.6. The van der Waals surface area contributed by atoms with Gasteiger partial charge in [0.1, 0.15) is 11.4 Å². The number of ether oxygens (including phenoxy) is 1. The number of carbonyl (C=O) groups excluding carboxylic acids is 1. The Kier molecular flexibility index (Phi) is 5.63. The van der Waals surface area contributed by atoms with E-state index in [0.717, 1.165) is 35.4 Å². The van der Waals surface area contributed by atoms with Crippen molar-refractivity contribution in [1.82, 2.24) is 4.57 Å². The Hall–Kier alpha value is -2.96. The number of halogens is 3. The van der Waals surface area contributed by atoms with Crippen LogP contribution in [0.4, 0.5) is 18.9 Å². The third kappa shape index (κ3) is 4.30. The van der Waals surface area contributed by atoms with Gasteiger partial charge in [-0.3, -0.25) is 4.79 Å². The molecule has 7 heteroatoms. The zero-order chi connectivity index (χ0) is 20.3. The smallest absolute Gasteiger partial charge is 0.406 e. The molecule has 3 aromatic rings. The standard InChI is InChI=1S/C21H21F3N2O2/c1-3-4-12-26-18-11-6-5-10-17(18)14(2)19(26)20(27)25-15-8-7-9-16(13-15)28-21(22,23)24/h5-11,13H,3-4,12H2,1-2H3,(H,25,27). The lowest BCUT2D eigenvalue weighted by molar-refractivity contribution is -0.274. The number of hydrogen-bond acceptors (Lipinski definition) is 2. The topological polar surface area (TPSA) is 43.3 Å². The van der Waals surface area contributed by atoms with Gasteiger partial charge in [-0.25, -0.2) is 0 Å². The Morgan fingerprint density at radius 3 is 2.61 bits per heavy atom. The van der Waals surface area contributed by atoms with E-state index in [4.69, 9.17) is 0 Å². The lowest BCUT2D eigenvalue weighted by Crippen LogP contribution is -2.19. The second kappa shape index (κ2) is 7.96. The first-order chi connectivity index (χ1) is 13.3. The second-order valence-electron chi connectivity index (χ2n) is 6.53. The largest absolute Gasteiger partial charge is 0.573 e. The molecule has 0 aliphatic heterocycles. The second-order valence-corrected chi connectivity index (χ2v) is 6.53. The average molecular weight is 390 g/mol. The van der Waals surface area contributed by atoms with Gasteiger partial charge in [-0.05, 0) is 37.1 Å². The lowest BCUT2D eigenvalue weighted by atomic mass is 10.1. The summed E-state index contributed by atoms with van der Waals surface area (Å²) in [6.45, 7) is 4.64. The van der Waals surface area contributed by atoms with Crippen molar-refractivity contribution < 1.29 is 22.7 Å². The van der Waals surface area contributed by atoms with Gasteiger partial charge in [-0.1, -0.05) is 37.6 Å². The summed E-state index contributed by atoms with van der Waals surface area (Å²) in [7, 11) is 0. The molecule has 3 rings (SSSR count). The summed E-state index contributed by atoms with van der Waals surface area (Å²) in [6, 6.07) is 13.0. The molecule has 1 heterocycles. The van der Waals surface area contributed by atoms with Crippen molar-refractivity contribution in [3.63, 3.8) is 0 Å². The van der Waals surface area contributed by atoms with Crippen molar-refractivity contribution in [3.8, 4) is 5.75 Å². The Labute approximate surface area is 160 Å². The number of aryl methyl sites for hydroxylation is 2. The van der Waals surface area contributed by atoms with E-state index in [1.807, 2.05) is 35.8 Å². The molecule has 1 amide bonds. The van der Waals surface area contributed by atoms with Crippen LogP contribution in [0.15, 0.2) is 48.5 Å². The zero-order valence-electron chi connectivity index (χ0n) is 15.6. The quantitative estimate of drug-likeness (QED) is 0.569. The van der Waals surface area contributed by atoms with Crippen molar-refractivity contribution in [2.24, 2.45) is 0 Å². The summed E-state index contributed by atoms with van der Waals surface area (Å²) in [5.41, 5.74) is 2.55. The molecule has 0 fully saturated rings. The molecule has 1 N–H and O–H groups in total. The number of hydrogen-bond donors (Lipinski definition) is 1. The highest BCUT2D eigenvalue weighted by molar-refractivity contribution is 6.08. The fourth-order valence-electron chi connectivity index (χ4n) is 3.28. The molecular formula is C21H21F3N2O2. The van der Waals surface area contributed by atoms with E-state index < -0.39 is 6.36 Å². The van der Waals surface area contributed by atoms with Crippen LogP contribution in [0, 0.1) is 6.92 Å². The molecule has 0 radical (unpaired) electrons. The van der Waals surface area contributed by atoms with E-state index in [1.54, 1.807) is 0 Å². The van der Waals surface area contributed by atoms with Crippen LogP contribution in [-0.4, -0.2) is 16.8 Å². The summed E-state index contributed by atoms with van der Waals surface area (Å²) in [5, 5.41) is 3.68. The summed E-state index contributed by atoms with van der Waals surface area (Å²) in [4.78, 5) is 13.0. The molecule has 0 atom stereocenters. The van der Waals surface area contributed by atoms with Gasteiger partial charge in [-0.2, -0.15) is 0 Å². The average Bonchev–Trinajstić information content (AvgIpc) is 2.91. The summed E-state index contributed by atoms with van der Waals surface area (Å²) < 4.78 is 43.2. The molecule has 148 valence electrons. The SMILES string of the molecule is CCCCn1c(C(=O)Nc2cccc(OC(F)(F)F)c2)c(C)c2ccccc21. The van der Waals surface area contributed by atoms with E-state index in [1.165, 1.54) is 18.2 Å². The number of alkyl halides is 3. The molecule has 0 saturated carbocycles. The van der Waals surface area contributed by atoms with Crippen LogP contribution < -0.4 is 10.1 Å². The molecule has 0 bridgehead atoms. The van der Waals surface area contributed by atoms with E-state index in [2.05, 4.69) is 17.0 Å². The van der Waals surface area contributed by atoms with Gasteiger partial charge < -0.3 is 14.6 Å². The van der Waals surface area contributed by atoms with E-state index in [0.29, 0.717) is 12.2 Å². The Morgan fingerprint density at radius 1 is 1.14 bits per heavy atom. The van der Waals surface area contributed by atoms with Crippen molar-refractivity contribution >= 4 is 22.5 Å². The Morgan fingerprint density at radius 2 is 1.89 bits per heavy atom. The van der Waals surface area contributed by atoms with Gasteiger partial charge in [0.15, 0.2) is 0 Å². The van der Waals surface area contributed by atoms with Crippen LogP contribution in [0.2, 0.25) is 0 Å². The summed E-state index contributed by atoms with van der Waals surface area (Å²) in [5.74, 6) is -0.748. The van der Waals surface area contributed by atoms with Crippen LogP contribution in [0.5, 0.6) is 5.75 Å². The van der Waals surface area contributed by atoms with Crippen LogP contribution >= 0.6 is 0 Å². The lowest BCUT2D eigenvalue weighted by Gasteiger charge is -2.13. The highest BCUT2D eigenvalue weighted by Crippen LogP contribution is 2.28. The monoisotopic (exact) mass is 390 g/mol. The van der Waals surface area contributed by atoms with Crippen molar-refractivity contribution in [3.05, 3.63) is 59.8 Å². The number of nitrogens with zero attached hydrogens (tertiary/aromatic N) is 1. The van der Waals surface area contributed by atoms with Crippen molar-refractivity contribution in [2.45, 2.75) is 39.6 Å². The van der Waals surface area contributed by atoms with E-state index >= 15 is 0 Å². The van der Waals surface area contributed by atoms with Crippen molar-refractivity contribution in [1.29, 1.82) is 0 Å². The first kappa shape index (κ1) is 19.8. The number of benzene rings is 2. The maximum Gasteiger partial charge on any atom is 0.573 e. The molecule has 4 nitrogen and oxygen atoms in total. The third-order valence-electron chi connectivity index (χ3n) is 4.50. The maximum absolute atomic E-state index is 13.0. The number of para-hydroxylation sites is 1. The number of carbonyl (C=O) groups is 1. The molecule has 0 aliphatic carbocycles. The first-order valence-electron chi connectivity index (χ1n) is 9.05. The highest BCUT2D eigenvalue weighted by Gasteiger charge is 2.31. The normalized spacial score (nSPS) is 11.6. The number of amides is 1. The van der Waals surface area contributed by atoms with E-state index in [9.17, 15) is 18.0 Å². The number of aromatic nitrogens is 1.